The highest BCUT2D eigenvalue weighted by molar-refractivity contribution is 5.80. The third-order valence-corrected chi connectivity index (χ3v) is 2.41. The molecule has 3 rings (SSSR count). The van der Waals surface area contributed by atoms with E-state index < -0.39 is 0 Å². The summed E-state index contributed by atoms with van der Waals surface area (Å²) in [6.45, 7) is 0. The maximum atomic E-state index is 8.68. The van der Waals surface area contributed by atoms with E-state index in [1.165, 1.54) is 0 Å². The predicted octanol–water partition coefficient (Wildman–Crippen LogP) is 1.82. The van der Waals surface area contributed by atoms with Gasteiger partial charge in [-0.25, -0.2) is 9.97 Å². The van der Waals surface area contributed by atoms with Gasteiger partial charge in [-0.15, -0.1) is 0 Å². The van der Waals surface area contributed by atoms with Crippen molar-refractivity contribution in [3.05, 3.63) is 36.5 Å². The van der Waals surface area contributed by atoms with Crippen LogP contribution in [0.1, 0.15) is 5.82 Å². The molecule has 0 amide bonds. The zero-order valence-electron chi connectivity index (χ0n) is 8.23. The van der Waals surface area contributed by atoms with Gasteiger partial charge in [0.1, 0.15) is 6.07 Å². The molecule has 0 bridgehead atoms. The second-order valence-corrected chi connectivity index (χ2v) is 3.39. The van der Waals surface area contributed by atoms with Crippen LogP contribution in [0.15, 0.2) is 30.7 Å². The highest BCUT2D eigenvalue weighted by atomic mass is 14.9. The van der Waals surface area contributed by atoms with Gasteiger partial charge in [0.25, 0.3) is 0 Å². The van der Waals surface area contributed by atoms with Gasteiger partial charge in [0, 0.05) is 5.56 Å². The summed E-state index contributed by atoms with van der Waals surface area (Å²) in [7, 11) is 0. The SMILES string of the molecule is N#Cc1ncc(-c2ccc3nc[nH]c3c2)[nH]1. The molecular formula is C11H7N5. The molecule has 2 heterocycles. The Labute approximate surface area is 90.8 Å². The highest BCUT2D eigenvalue weighted by Gasteiger charge is 2.04. The molecule has 0 aliphatic carbocycles. The van der Waals surface area contributed by atoms with Crippen molar-refractivity contribution in [1.29, 1.82) is 5.26 Å². The molecule has 0 fully saturated rings. The Morgan fingerprint density at radius 2 is 2.19 bits per heavy atom. The average Bonchev–Trinajstić information content (AvgIpc) is 2.96. The molecule has 5 heteroatoms. The van der Waals surface area contributed by atoms with Crippen molar-refractivity contribution in [3.8, 4) is 17.3 Å². The molecule has 0 unspecified atom stereocenters. The second kappa shape index (κ2) is 3.21. The predicted molar refractivity (Wildman–Crippen MR) is 58.4 cm³/mol. The molecule has 0 spiro atoms. The number of nitriles is 1. The number of aromatic amines is 2. The van der Waals surface area contributed by atoms with Crippen LogP contribution in [0.4, 0.5) is 0 Å². The summed E-state index contributed by atoms with van der Waals surface area (Å²) in [5.41, 5.74) is 3.69. The smallest absolute Gasteiger partial charge is 0.210 e. The van der Waals surface area contributed by atoms with E-state index in [4.69, 9.17) is 5.26 Å². The molecule has 2 N–H and O–H groups in total. The zero-order chi connectivity index (χ0) is 11.0. The fourth-order valence-electron chi connectivity index (χ4n) is 1.63. The van der Waals surface area contributed by atoms with Crippen molar-refractivity contribution in [2.24, 2.45) is 0 Å². The summed E-state index contributed by atoms with van der Waals surface area (Å²) in [4.78, 5) is 14.0. The molecule has 0 aliphatic heterocycles. The minimum absolute atomic E-state index is 0.319. The number of nitrogens with one attached hydrogen (secondary N) is 2. The highest BCUT2D eigenvalue weighted by Crippen LogP contribution is 2.20. The summed E-state index contributed by atoms with van der Waals surface area (Å²) in [6, 6.07) is 7.80. The van der Waals surface area contributed by atoms with Crippen LogP contribution in [-0.4, -0.2) is 19.9 Å². The van der Waals surface area contributed by atoms with E-state index in [1.807, 2.05) is 24.3 Å². The van der Waals surface area contributed by atoms with Gasteiger partial charge in [0.15, 0.2) is 0 Å². The topological polar surface area (TPSA) is 81.2 Å². The lowest BCUT2D eigenvalue weighted by Gasteiger charge is -1.96. The number of aromatic nitrogens is 4. The minimum Gasteiger partial charge on any atom is -0.345 e. The number of hydrogen-bond donors (Lipinski definition) is 2. The van der Waals surface area contributed by atoms with Gasteiger partial charge >= 0.3 is 0 Å². The van der Waals surface area contributed by atoms with Crippen LogP contribution in [-0.2, 0) is 0 Å². The van der Waals surface area contributed by atoms with Crippen molar-refractivity contribution in [2.45, 2.75) is 0 Å². The number of fused-ring (bicyclic) bond motifs is 1. The molecule has 2 aromatic heterocycles. The van der Waals surface area contributed by atoms with Crippen LogP contribution in [0.5, 0.6) is 0 Å². The van der Waals surface area contributed by atoms with Gasteiger partial charge in [0.05, 0.1) is 29.3 Å². The number of rotatable bonds is 1. The Balaban J connectivity index is 2.14. The van der Waals surface area contributed by atoms with Crippen molar-refractivity contribution < 1.29 is 0 Å². The minimum atomic E-state index is 0.319. The van der Waals surface area contributed by atoms with Crippen LogP contribution in [0.3, 0.4) is 0 Å². The van der Waals surface area contributed by atoms with E-state index >= 15 is 0 Å². The van der Waals surface area contributed by atoms with Crippen LogP contribution >= 0.6 is 0 Å². The van der Waals surface area contributed by atoms with Crippen molar-refractivity contribution in [2.75, 3.05) is 0 Å². The maximum absolute atomic E-state index is 8.68. The van der Waals surface area contributed by atoms with E-state index in [0.29, 0.717) is 5.82 Å². The molecule has 0 aliphatic rings. The molecule has 5 nitrogen and oxygen atoms in total. The van der Waals surface area contributed by atoms with Crippen molar-refractivity contribution in [1.82, 2.24) is 19.9 Å². The van der Waals surface area contributed by atoms with E-state index in [2.05, 4.69) is 19.9 Å². The third kappa shape index (κ3) is 1.25. The Bertz CT molecular complexity index is 686. The largest absolute Gasteiger partial charge is 0.345 e. The monoisotopic (exact) mass is 209 g/mol. The third-order valence-electron chi connectivity index (χ3n) is 2.41. The Hall–Kier alpha value is -2.61. The number of H-pyrrole nitrogens is 2. The summed E-state index contributed by atoms with van der Waals surface area (Å²) in [6.07, 6.45) is 3.30. The molecule has 1 aromatic carbocycles. The molecular weight excluding hydrogens is 202 g/mol. The number of hydrogen-bond acceptors (Lipinski definition) is 3. The van der Waals surface area contributed by atoms with E-state index in [9.17, 15) is 0 Å². The number of nitrogens with zero attached hydrogens (tertiary/aromatic N) is 3. The van der Waals surface area contributed by atoms with Crippen LogP contribution in [0, 0.1) is 11.3 Å². The lowest BCUT2D eigenvalue weighted by atomic mass is 10.1. The fourth-order valence-corrected chi connectivity index (χ4v) is 1.63. The first-order valence-corrected chi connectivity index (χ1v) is 4.75. The van der Waals surface area contributed by atoms with Crippen LogP contribution < -0.4 is 0 Å². The van der Waals surface area contributed by atoms with Crippen LogP contribution in [0.25, 0.3) is 22.3 Å². The summed E-state index contributed by atoms with van der Waals surface area (Å²) >= 11 is 0. The standard InChI is InChI=1S/C11H7N5/c12-4-11-13-5-10(16-11)7-1-2-8-9(3-7)15-6-14-8/h1-3,5-6H,(H,13,16)(H,14,15). The maximum Gasteiger partial charge on any atom is 0.210 e. The molecule has 16 heavy (non-hydrogen) atoms. The van der Waals surface area contributed by atoms with Gasteiger partial charge in [-0.2, -0.15) is 5.26 Å². The van der Waals surface area contributed by atoms with E-state index in [-0.39, 0.29) is 0 Å². The van der Waals surface area contributed by atoms with Gasteiger partial charge < -0.3 is 9.97 Å². The van der Waals surface area contributed by atoms with Crippen LogP contribution in [0.2, 0.25) is 0 Å². The van der Waals surface area contributed by atoms with Crippen molar-refractivity contribution >= 4 is 11.0 Å². The summed E-state index contributed by atoms with van der Waals surface area (Å²) < 4.78 is 0. The Morgan fingerprint density at radius 3 is 3.00 bits per heavy atom. The zero-order valence-corrected chi connectivity index (χ0v) is 8.23. The normalized spacial score (nSPS) is 10.4. The fraction of sp³-hybridized carbons (Fsp3) is 0. The molecule has 0 radical (unpaired) electrons. The van der Waals surface area contributed by atoms with Crippen molar-refractivity contribution in [3.63, 3.8) is 0 Å². The van der Waals surface area contributed by atoms with Gasteiger partial charge in [-0.3, -0.25) is 0 Å². The van der Waals surface area contributed by atoms with E-state index in [0.717, 1.165) is 22.3 Å². The van der Waals surface area contributed by atoms with E-state index in [1.54, 1.807) is 12.5 Å². The molecule has 76 valence electrons. The summed E-state index contributed by atoms with van der Waals surface area (Å²) in [5.74, 6) is 0.319. The first-order valence-electron chi connectivity index (χ1n) is 4.75. The molecule has 0 atom stereocenters. The Kier molecular flexibility index (Phi) is 1.74. The lowest BCUT2D eigenvalue weighted by Crippen LogP contribution is -1.79. The van der Waals surface area contributed by atoms with Gasteiger partial charge in [-0.05, 0) is 12.1 Å². The number of imidazole rings is 2. The summed E-state index contributed by atoms with van der Waals surface area (Å²) in [5, 5.41) is 8.68. The first-order chi connectivity index (χ1) is 7.86. The molecule has 0 saturated heterocycles. The first kappa shape index (κ1) is 8.68. The molecule has 3 aromatic rings. The number of benzene rings is 1. The lowest BCUT2D eigenvalue weighted by molar-refractivity contribution is 1.23. The Morgan fingerprint density at radius 1 is 1.25 bits per heavy atom. The quantitative estimate of drug-likeness (QED) is 0.641. The second-order valence-electron chi connectivity index (χ2n) is 3.39. The average molecular weight is 209 g/mol. The molecule has 0 saturated carbocycles. The van der Waals surface area contributed by atoms with Gasteiger partial charge in [0.2, 0.25) is 5.82 Å². The van der Waals surface area contributed by atoms with Gasteiger partial charge in [-0.1, -0.05) is 6.07 Å².